The number of nitrogens with two attached hydrogens (primary N) is 1. The average Bonchev–Trinajstić information content (AvgIpc) is 2.34. The van der Waals surface area contributed by atoms with Gasteiger partial charge in [-0.15, -0.1) is 4.83 Å². The van der Waals surface area contributed by atoms with E-state index in [0.29, 0.717) is 11.3 Å². The first-order chi connectivity index (χ1) is 8.90. The van der Waals surface area contributed by atoms with Gasteiger partial charge in [0.2, 0.25) is 0 Å². The standard InChI is InChI=1S/C12H17N3O3S/c1-15(2)14-19(16,17)11-6-7-12(18-3)10(9-11)5-4-8-13/h6-7,9,14H,8,13H2,1-3H3. The van der Waals surface area contributed by atoms with E-state index in [-0.39, 0.29) is 11.4 Å². The summed E-state index contributed by atoms with van der Waals surface area (Å²) in [5.41, 5.74) is 5.79. The summed E-state index contributed by atoms with van der Waals surface area (Å²) in [6.07, 6.45) is 0. The number of rotatable bonds is 4. The zero-order valence-electron chi connectivity index (χ0n) is 11.1. The highest BCUT2D eigenvalue weighted by atomic mass is 32.2. The summed E-state index contributed by atoms with van der Waals surface area (Å²) in [7, 11) is 1.07. The van der Waals surface area contributed by atoms with Crippen LogP contribution in [0.2, 0.25) is 0 Å². The molecule has 0 fully saturated rings. The molecule has 1 rings (SSSR count). The maximum Gasteiger partial charge on any atom is 0.253 e. The number of nitrogens with one attached hydrogen (secondary N) is 1. The van der Waals surface area contributed by atoms with Gasteiger partial charge in [0.25, 0.3) is 10.0 Å². The molecule has 0 aliphatic rings. The zero-order chi connectivity index (χ0) is 14.5. The largest absolute Gasteiger partial charge is 0.495 e. The molecule has 0 aliphatic heterocycles. The highest BCUT2D eigenvalue weighted by Crippen LogP contribution is 2.21. The molecule has 6 nitrogen and oxygen atoms in total. The molecule has 1 aromatic carbocycles. The molecule has 1 aromatic rings. The summed E-state index contributed by atoms with van der Waals surface area (Å²) >= 11 is 0. The fourth-order valence-corrected chi connectivity index (χ4v) is 2.50. The van der Waals surface area contributed by atoms with E-state index in [1.807, 2.05) is 0 Å². The quantitative estimate of drug-likeness (QED) is 0.588. The van der Waals surface area contributed by atoms with E-state index in [4.69, 9.17) is 10.5 Å². The lowest BCUT2D eigenvalue weighted by atomic mass is 10.2. The van der Waals surface area contributed by atoms with Crippen LogP contribution in [-0.4, -0.2) is 41.2 Å². The Hall–Kier alpha value is -1.59. The molecule has 0 aromatic heterocycles. The topological polar surface area (TPSA) is 84.7 Å². The fraction of sp³-hybridized carbons (Fsp3) is 0.333. The predicted octanol–water partition coefficient (Wildman–Crippen LogP) is -0.240. The van der Waals surface area contributed by atoms with Gasteiger partial charge in [0.1, 0.15) is 5.75 Å². The average molecular weight is 283 g/mol. The number of ether oxygens (including phenoxy) is 1. The van der Waals surface area contributed by atoms with E-state index in [1.54, 1.807) is 20.2 Å². The first kappa shape index (κ1) is 15.5. The SMILES string of the molecule is COc1ccc(S(=O)(=O)NN(C)C)cc1C#CCN. The second-order valence-electron chi connectivity index (χ2n) is 3.86. The number of sulfonamides is 1. The van der Waals surface area contributed by atoms with E-state index >= 15 is 0 Å². The summed E-state index contributed by atoms with van der Waals surface area (Å²) in [6, 6.07) is 4.47. The van der Waals surface area contributed by atoms with Crippen LogP contribution in [0.1, 0.15) is 5.56 Å². The van der Waals surface area contributed by atoms with Crippen molar-refractivity contribution in [2.75, 3.05) is 27.7 Å². The molecule has 0 bridgehead atoms. The van der Waals surface area contributed by atoms with E-state index in [1.165, 1.54) is 24.3 Å². The Morgan fingerprint density at radius 1 is 1.42 bits per heavy atom. The van der Waals surface area contributed by atoms with Crippen LogP contribution in [0.5, 0.6) is 5.75 Å². The summed E-state index contributed by atoms with van der Waals surface area (Å²) in [5, 5.41) is 1.35. The van der Waals surface area contributed by atoms with Crippen molar-refractivity contribution < 1.29 is 13.2 Å². The lowest BCUT2D eigenvalue weighted by Crippen LogP contribution is -2.36. The van der Waals surface area contributed by atoms with Crippen LogP contribution in [-0.2, 0) is 10.0 Å². The highest BCUT2D eigenvalue weighted by Gasteiger charge is 2.16. The molecule has 0 saturated carbocycles. The van der Waals surface area contributed by atoms with Gasteiger partial charge < -0.3 is 10.5 Å². The minimum Gasteiger partial charge on any atom is -0.495 e. The van der Waals surface area contributed by atoms with Gasteiger partial charge >= 0.3 is 0 Å². The molecule has 0 atom stereocenters. The third-order valence-corrected chi connectivity index (χ3v) is 3.59. The van der Waals surface area contributed by atoms with Crippen molar-refractivity contribution in [2.24, 2.45) is 5.73 Å². The second kappa shape index (κ2) is 6.54. The Morgan fingerprint density at radius 3 is 2.63 bits per heavy atom. The van der Waals surface area contributed by atoms with Crippen LogP contribution >= 0.6 is 0 Å². The van der Waals surface area contributed by atoms with E-state index < -0.39 is 10.0 Å². The van der Waals surface area contributed by atoms with Gasteiger partial charge in [-0.05, 0) is 18.2 Å². The molecule has 19 heavy (non-hydrogen) atoms. The molecular weight excluding hydrogens is 266 g/mol. The van der Waals surface area contributed by atoms with Crippen LogP contribution < -0.4 is 15.3 Å². The van der Waals surface area contributed by atoms with Crippen LogP contribution in [0.15, 0.2) is 23.1 Å². The second-order valence-corrected chi connectivity index (χ2v) is 5.52. The van der Waals surface area contributed by atoms with Crippen LogP contribution in [0.4, 0.5) is 0 Å². The summed E-state index contributed by atoms with van der Waals surface area (Å²) in [6.45, 7) is 0.191. The number of hydrazine groups is 1. The van der Waals surface area contributed by atoms with Crippen molar-refractivity contribution in [1.29, 1.82) is 0 Å². The van der Waals surface area contributed by atoms with Gasteiger partial charge in [-0.3, -0.25) is 0 Å². The van der Waals surface area contributed by atoms with Crippen molar-refractivity contribution >= 4 is 10.0 Å². The van der Waals surface area contributed by atoms with Crippen LogP contribution in [0.3, 0.4) is 0 Å². The third-order valence-electron chi connectivity index (χ3n) is 2.11. The minimum absolute atomic E-state index is 0.114. The molecule has 7 heteroatoms. The fourth-order valence-electron chi connectivity index (χ4n) is 1.39. The Labute approximate surface area is 113 Å². The lowest BCUT2D eigenvalue weighted by Gasteiger charge is -2.13. The molecule has 0 unspecified atom stereocenters. The predicted molar refractivity (Wildman–Crippen MR) is 72.9 cm³/mol. The third kappa shape index (κ3) is 4.22. The van der Waals surface area contributed by atoms with Gasteiger partial charge in [0.15, 0.2) is 0 Å². The monoisotopic (exact) mass is 283 g/mol. The first-order valence-electron chi connectivity index (χ1n) is 5.47. The van der Waals surface area contributed by atoms with E-state index in [0.717, 1.165) is 0 Å². The van der Waals surface area contributed by atoms with Gasteiger partial charge in [-0.25, -0.2) is 13.4 Å². The van der Waals surface area contributed by atoms with Gasteiger partial charge in [-0.2, -0.15) is 0 Å². The van der Waals surface area contributed by atoms with Gasteiger partial charge in [0, 0.05) is 14.1 Å². The normalized spacial score (nSPS) is 11.0. The Bertz CT molecular complexity index is 600. The van der Waals surface area contributed by atoms with Crippen molar-refractivity contribution in [3.63, 3.8) is 0 Å². The van der Waals surface area contributed by atoms with E-state index in [2.05, 4.69) is 16.7 Å². The Balaban J connectivity index is 3.25. The maximum atomic E-state index is 12.0. The maximum absolute atomic E-state index is 12.0. The lowest BCUT2D eigenvalue weighted by molar-refractivity contribution is 0.364. The molecule has 3 N–H and O–H groups in total. The molecule has 0 heterocycles. The Morgan fingerprint density at radius 2 is 2.11 bits per heavy atom. The number of hydrogen-bond acceptors (Lipinski definition) is 5. The number of benzene rings is 1. The summed E-state index contributed by atoms with van der Waals surface area (Å²) in [4.78, 5) is 2.46. The van der Waals surface area contributed by atoms with Crippen molar-refractivity contribution in [2.45, 2.75) is 4.90 Å². The first-order valence-corrected chi connectivity index (χ1v) is 6.95. The summed E-state index contributed by atoms with van der Waals surface area (Å²) < 4.78 is 29.1. The molecular formula is C12H17N3O3S. The molecule has 104 valence electrons. The van der Waals surface area contributed by atoms with Gasteiger partial charge in [0.05, 0.1) is 24.1 Å². The minimum atomic E-state index is -3.61. The highest BCUT2D eigenvalue weighted by molar-refractivity contribution is 7.89. The molecule has 0 amide bonds. The van der Waals surface area contributed by atoms with Crippen LogP contribution in [0, 0.1) is 11.8 Å². The van der Waals surface area contributed by atoms with E-state index in [9.17, 15) is 8.42 Å². The Kier molecular flexibility index (Phi) is 5.32. The molecule has 0 radical (unpaired) electrons. The summed E-state index contributed by atoms with van der Waals surface area (Å²) in [5.74, 6) is 5.96. The van der Waals surface area contributed by atoms with Gasteiger partial charge in [-0.1, -0.05) is 11.8 Å². The number of methoxy groups -OCH3 is 1. The van der Waals surface area contributed by atoms with Crippen molar-refractivity contribution in [1.82, 2.24) is 9.84 Å². The zero-order valence-corrected chi connectivity index (χ0v) is 11.9. The smallest absolute Gasteiger partial charge is 0.253 e. The number of nitrogens with zero attached hydrogens (tertiary/aromatic N) is 1. The van der Waals surface area contributed by atoms with Crippen molar-refractivity contribution in [3.05, 3.63) is 23.8 Å². The molecule has 0 spiro atoms. The molecule has 0 aliphatic carbocycles. The van der Waals surface area contributed by atoms with Crippen LogP contribution in [0.25, 0.3) is 0 Å². The van der Waals surface area contributed by atoms with Crippen molar-refractivity contribution in [3.8, 4) is 17.6 Å². The number of hydrogen-bond donors (Lipinski definition) is 2. The molecule has 0 saturated heterocycles.